The molecule has 19 heavy (non-hydrogen) atoms. The van der Waals surface area contributed by atoms with E-state index in [0.29, 0.717) is 16.8 Å². The topological polar surface area (TPSA) is 97.7 Å². The predicted molar refractivity (Wildman–Crippen MR) is 63.3 cm³/mol. The molecule has 1 fully saturated rings. The van der Waals surface area contributed by atoms with Gasteiger partial charge in [0.2, 0.25) is 0 Å². The zero-order valence-electron chi connectivity index (χ0n) is 9.79. The highest BCUT2D eigenvalue weighted by atomic mass is 16.5. The van der Waals surface area contributed by atoms with Crippen molar-refractivity contribution in [3.63, 3.8) is 0 Å². The first kappa shape index (κ1) is 10.9. The van der Waals surface area contributed by atoms with E-state index in [-0.39, 0.29) is 6.61 Å². The Hall–Kier alpha value is -2.03. The molecule has 3 atom stereocenters. The molecule has 0 bridgehead atoms. The van der Waals surface area contributed by atoms with E-state index in [0.717, 1.165) is 0 Å². The van der Waals surface area contributed by atoms with Crippen LogP contribution in [-0.4, -0.2) is 52.9 Å². The SMILES string of the molecule is O[C@@H]1[C@H](O)CO[C@H]1n1cnc2c1ncn1ccnc21. The Bertz CT molecular complexity index is 751. The van der Waals surface area contributed by atoms with Crippen LogP contribution in [0.25, 0.3) is 16.8 Å². The maximum Gasteiger partial charge on any atom is 0.167 e. The quantitative estimate of drug-likeness (QED) is 0.603. The second-order valence-corrected chi connectivity index (χ2v) is 4.51. The zero-order valence-corrected chi connectivity index (χ0v) is 9.79. The Balaban J connectivity index is 1.91. The maximum absolute atomic E-state index is 9.89. The van der Waals surface area contributed by atoms with Crippen LogP contribution in [0.1, 0.15) is 6.23 Å². The zero-order chi connectivity index (χ0) is 13.0. The second kappa shape index (κ2) is 3.73. The van der Waals surface area contributed by atoms with Crippen LogP contribution in [0.3, 0.4) is 0 Å². The molecule has 0 spiro atoms. The third-order valence-electron chi connectivity index (χ3n) is 3.35. The van der Waals surface area contributed by atoms with Crippen molar-refractivity contribution in [1.82, 2.24) is 23.9 Å². The number of hydrogen-bond acceptors (Lipinski definition) is 6. The molecule has 4 heterocycles. The highest BCUT2D eigenvalue weighted by molar-refractivity contribution is 5.85. The largest absolute Gasteiger partial charge is 0.388 e. The summed E-state index contributed by atoms with van der Waals surface area (Å²) in [4.78, 5) is 12.8. The van der Waals surface area contributed by atoms with Crippen LogP contribution in [-0.2, 0) is 4.74 Å². The van der Waals surface area contributed by atoms with Crippen molar-refractivity contribution in [1.29, 1.82) is 0 Å². The molecule has 0 amide bonds. The van der Waals surface area contributed by atoms with Crippen LogP contribution >= 0.6 is 0 Å². The van der Waals surface area contributed by atoms with Crippen LogP contribution in [0.5, 0.6) is 0 Å². The van der Waals surface area contributed by atoms with E-state index in [1.54, 1.807) is 27.7 Å². The molecule has 0 saturated carbocycles. The average molecular weight is 261 g/mol. The van der Waals surface area contributed by atoms with Crippen LogP contribution in [0.4, 0.5) is 0 Å². The minimum atomic E-state index is -0.991. The summed E-state index contributed by atoms with van der Waals surface area (Å²) in [6, 6.07) is 0. The summed E-state index contributed by atoms with van der Waals surface area (Å²) in [6.07, 6.45) is 4.06. The molecule has 0 aromatic carbocycles. The Morgan fingerprint density at radius 2 is 2.05 bits per heavy atom. The highest BCUT2D eigenvalue weighted by Crippen LogP contribution is 2.27. The van der Waals surface area contributed by atoms with E-state index in [1.165, 1.54) is 6.33 Å². The smallest absolute Gasteiger partial charge is 0.167 e. The molecule has 2 N–H and O–H groups in total. The van der Waals surface area contributed by atoms with Crippen molar-refractivity contribution in [3.05, 3.63) is 25.0 Å². The van der Waals surface area contributed by atoms with Crippen LogP contribution in [0.2, 0.25) is 0 Å². The monoisotopic (exact) mass is 261 g/mol. The third kappa shape index (κ3) is 1.41. The average Bonchev–Trinajstić information content (AvgIpc) is 3.08. The van der Waals surface area contributed by atoms with Crippen molar-refractivity contribution in [2.75, 3.05) is 6.61 Å². The Kier molecular flexibility index (Phi) is 2.13. The van der Waals surface area contributed by atoms with E-state index in [9.17, 15) is 10.2 Å². The molecule has 0 aliphatic carbocycles. The molecule has 0 unspecified atom stereocenters. The first-order valence-corrected chi connectivity index (χ1v) is 5.87. The first-order valence-electron chi connectivity index (χ1n) is 5.87. The number of fused-ring (bicyclic) bond motifs is 3. The van der Waals surface area contributed by atoms with Gasteiger partial charge in [-0.3, -0.25) is 8.97 Å². The van der Waals surface area contributed by atoms with E-state index in [2.05, 4.69) is 15.0 Å². The molecule has 0 radical (unpaired) electrons. The standard InChI is InChI=1S/C11H11N5O3/c17-6-3-19-11(8(6)18)16-5-13-7-9-12-1-2-15(9)4-14-10(7)16/h1-2,4-6,8,11,17-18H,3H2/t6-,8-,11-/m1/s1. The number of aromatic nitrogens is 5. The van der Waals surface area contributed by atoms with E-state index < -0.39 is 18.4 Å². The fourth-order valence-electron chi connectivity index (χ4n) is 2.36. The van der Waals surface area contributed by atoms with Gasteiger partial charge in [-0.2, -0.15) is 0 Å². The fraction of sp³-hybridized carbons (Fsp3) is 0.364. The summed E-state index contributed by atoms with van der Waals surface area (Å²) in [6.45, 7) is 0.0944. The molecular formula is C11H11N5O3. The second-order valence-electron chi connectivity index (χ2n) is 4.51. The normalized spacial score (nSPS) is 27.6. The van der Waals surface area contributed by atoms with E-state index in [1.807, 2.05) is 0 Å². The molecular weight excluding hydrogens is 250 g/mol. The Morgan fingerprint density at radius 3 is 2.84 bits per heavy atom. The lowest BCUT2D eigenvalue weighted by Gasteiger charge is -2.16. The summed E-state index contributed by atoms with van der Waals surface area (Å²) >= 11 is 0. The maximum atomic E-state index is 9.89. The van der Waals surface area contributed by atoms with Crippen LogP contribution < -0.4 is 0 Å². The summed E-state index contributed by atoms with van der Waals surface area (Å²) < 4.78 is 8.76. The van der Waals surface area contributed by atoms with Crippen LogP contribution in [0, 0.1) is 0 Å². The first-order chi connectivity index (χ1) is 9.25. The van der Waals surface area contributed by atoms with E-state index >= 15 is 0 Å². The molecule has 8 heteroatoms. The van der Waals surface area contributed by atoms with Crippen molar-refractivity contribution in [3.8, 4) is 0 Å². The summed E-state index contributed by atoms with van der Waals surface area (Å²) in [5.41, 5.74) is 1.89. The summed E-state index contributed by atoms with van der Waals surface area (Å²) in [7, 11) is 0. The predicted octanol–water partition coefficient (Wildman–Crippen LogP) is -0.670. The number of aliphatic hydroxyl groups is 2. The number of ether oxygens (including phenoxy) is 1. The molecule has 1 aliphatic heterocycles. The van der Waals surface area contributed by atoms with Crippen molar-refractivity contribution in [2.24, 2.45) is 0 Å². The van der Waals surface area contributed by atoms with Gasteiger partial charge >= 0.3 is 0 Å². The molecule has 98 valence electrons. The van der Waals surface area contributed by atoms with Crippen LogP contribution in [0.15, 0.2) is 25.0 Å². The van der Waals surface area contributed by atoms with Gasteiger partial charge in [-0.15, -0.1) is 0 Å². The Morgan fingerprint density at radius 1 is 1.16 bits per heavy atom. The van der Waals surface area contributed by atoms with Gasteiger partial charge in [-0.1, -0.05) is 0 Å². The van der Waals surface area contributed by atoms with Crippen molar-refractivity contribution < 1.29 is 14.9 Å². The number of hydrogen-bond donors (Lipinski definition) is 2. The molecule has 1 aliphatic rings. The third-order valence-corrected chi connectivity index (χ3v) is 3.35. The number of nitrogens with zero attached hydrogens (tertiary/aromatic N) is 5. The van der Waals surface area contributed by atoms with Gasteiger partial charge in [0.05, 0.1) is 12.9 Å². The van der Waals surface area contributed by atoms with Gasteiger partial charge in [-0.25, -0.2) is 15.0 Å². The van der Waals surface area contributed by atoms with Gasteiger partial charge in [0.15, 0.2) is 23.0 Å². The number of aliphatic hydroxyl groups excluding tert-OH is 2. The van der Waals surface area contributed by atoms with Gasteiger partial charge in [0.1, 0.15) is 18.5 Å². The highest BCUT2D eigenvalue weighted by Gasteiger charge is 2.36. The van der Waals surface area contributed by atoms with Gasteiger partial charge < -0.3 is 14.9 Å². The van der Waals surface area contributed by atoms with Gasteiger partial charge in [0, 0.05) is 12.4 Å². The molecule has 8 nitrogen and oxygen atoms in total. The molecule has 1 saturated heterocycles. The molecule has 3 aromatic rings. The van der Waals surface area contributed by atoms with E-state index in [4.69, 9.17) is 4.74 Å². The lowest BCUT2D eigenvalue weighted by Crippen LogP contribution is -2.28. The minimum absolute atomic E-state index is 0.0944. The number of imidazole rings is 2. The summed E-state index contributed by atoms with van der Waals surface area (Å²) in [5.74, 6) is 0. The summed E-state index contributed by atoms with van der Waals surface area (Å²) in [5, 5.41) is 19.4. The lowest BCUT2D eigenvalue weighted by atomic mass is 10.2. The van der Waals surface area contributed by atoms with Gasteiger partial charge in [0.25, 0.3) is 0 Å². The van der Waals surface area contributed by atoms with Crippen molar-refractivity contribution in [2.45, 2.75) is 18.4 Å². The minimum Gasteiger partial charge on any atom is -0.388 e. The van der Waals surface area contributed by atoms with Crippen molar-refractivity contribution >= 4 is 16.8 Å². The molecule has 3 aromatic heterocycles. The number of rotatable bonds is 1. The Labute approximate surface area is 106 Å². The molecule has 4 rings (SSSR count). The fourth-order valence-corrected chi connectivity index (χ4v) is 2.36. The van der Waals surface area contributed by atoms with Gasteiger partial charge in [-0.05, 0) is 0 Å². The lowest BCUT2D eigenvalue weighted by molar-refractivity contribution is -0.0162.